The highest BCUT2D eigenvalue weighted by molar-refractivity contribution is 5.43. The zero-order valence-corrected chi connectivity index (χ0v) is 13.6. The third kappa shape index (κ3) is 2.70. The molecule has 0 amide bonds. The Labute approximate surface area is 129 Å². The largest absolute Gasteiger partial charge is 0.496 e. The first-order valence-electron chi connectivity index (χ1n) is 8.58. The standard InChI is InChI=1S/C19H29NO/c1-3-20-15-19(16-9-5-6-10-17(16)21-2)13-18(14-19)11-7-4-8-12-18/h5-6,9-10,20H,3-4,7-8,11-15H2,1-2H3. The third-order valence-corrected chi connectivity index (χ3v) is 5.73. The highest BCUT2D eigenvalue weighted by Gasteiger charge is 2.55. The Kier molecular flexibility index (Phi) is 4.26. The second-order valence-corrected chi connectivity index (χ2v) is 7.18. The second kappa shape index (κ2) is 6.00. The summed E-state index contributed by atoms with van der Waals surface area (Å²) in [7, 11) is 1.80. The molecule has 0 atom stereocenters. The summed E-state index contributed by atoms with van der Waals surface area (Å²) in [6, 6.07) is 8.65. The molecule has 0 saturated heterocycles. The van der Waals surface area contributed by atoms with E-state index in [1.807, 2.05) is 0 Å². The van der Waals surface area contributed by atoms with Crippen LogP contribution >= 0.6 is 0 Å². The normalized spacial score (nSPS) is 22.8. The third-order valence-electron chi connectivity index (χ3n) is 5.73. The van der Waals surface area contributed by atoms with Gasteiger partial charge < -0.3 is 10.1 Å². The second-order valence-electron chi connectivity index (χ2n) is 7.18. The predicted octanol–water partition coefficient (Wildman–Crippen LogP) is 4.29. The van der Waals surface area contributed by atoms with Gasteiger partial charge in [-0.1, -0.05) is 44.4 Å². The zero-order valence-electron chi connectivity index (χ0n) is 13.6. The van der Waals surface area contributed by atoms with Crippen LogP contribution in [0.2, 0.25) is 0 Å². The quantitative estimate of drug-likeness (QED) is 0.872. The van der Waals surface area contributed by atoms with Crippen molar-refractivity contribution >= 4 is 0 Å². The number of para-hydroxylation sites is 1. The Hall–Kier alpha value is -1.02. The lowest BCUT2D eigenvalue weighted by molar-refractivity contribution is -0.0135. The van der Waals surface area contributed by atoms with Crippen LogP contribution in [0.25, 0.3) is 0 Å². The van der Waals surface area contributed by atoms with E-state index in [0.717, 1.165) is 18.8 Å². The molecule has 2 aliphatic rings. The van der Waals surface area contributed by atoms with Crippen LogP contribution in [0, 0.1) is 5.41 Å². The van der Waals surface area contributed by atoms with Crippen LogP contribution < -0.4 is 10.1 Å². The fraction of sp³-hybridized carbons (Fsp3) is 0.684. The summed E-state index contributed by atoms with van der Waals surface area (Å²) < 4.78 is 5.66. The van der Waals surface area contributed by atoms with Crippen molar-refractivity contribution in [3.05, 3.63) is 29.8 Å². The zero-order chi connectivity index (χ0) is 14.8. The van der Waals surface area contributed by atoms with Gasteiger partial charge in [0.15, 0.2) is 0 Å². The first-order chi connectivity index (χ1) is 10.2. The van der Waals surface area contributed by atoms with Crippen LogP contribution in [0.5, 0.6) is 5.75 Å². The van der Waals surface area contributed by atoms with E-state index in [2.05, 4.69) is 36.5 Å². The van der Waals surface area contributed by atoms with E-state index in [0.29, 0.717) is 10.8 Å². The fourth-order valence-corrected chi connectivity index (χ4v) is 4.90. The van der Waals surface area contributed by atoms with Crippen molar-refractivity contribution in [2.45, 2.75) is 57.3 Å². The van der Waals surface area contributed by atoms with Gasteiger partial charge in [0.2, 0.25) is 0 Å². The molecule has 1 N–H and O–H groups in total. The maximum absolute atomic E-state index is 5.66. The number of hydrogen-bond acceptors (Lipinski definition) is 2. The van der Waals surface area contributed by atoms with Crippen LogP contribution in [0.1, 0.15) is 57.4 Å². The number of methoxy groups -OCH3 is 1. The SMILES string of the molecule is CCNCC1(c2ccccc2OC)CC2(CCCCC2)C1. The van der Waals surface area contributed by atoms with Gasteiger partial charge in [0.05, 0.1) is 7.11 Å². The fourth-order valence-electron chi connectivity index (χ4n) is 4.90. The lowest BCUT2D eigenvalue weighted by Crippen LogP contribution is -2.55. The number of hydrogen-bond donors (Lipinski definition) is 1. The highest BCUT2D eigenvalue weighted by Crippen LogP contribution is 2.62. The molecule has 0 bridgehead atoms. The Morgan fingerprint density at radius 2 is 1.81 bits per heavy atom. The van der Waals surface area contributed by atoms with E-state index in [4.69, 9.17) is 4.74 Å². The average Bonchev–Trinajstić information content (AvgIpc) is 2.51. The van der Waals surface area contributed by atoms with E-state index < -0.39 is 0 Å². The number of nitrogens with one attached hydrogen (secondary N) is 1. The van der Waals surface area contributed by atoms with Crippen molar-refractivity contribution in [1.29, 1.82) is 0 Å². The first kappa shape index (κ1) is 14.9. The van der Waals surface area contributed by atoms with Gasteiger partial charge >= 0.3 is 0 Å². The summed E-state index contributed by atoms with van der Waals surface area (Å²) >= 11 is 0. The molecule has 0 unspecified atom stereocenters. The highest BCUT2D eigenvalue weighted by atomic mass is 16.5. The van der Waals surface area contributed by atoms with Crippen molar-refractivity contribution < 1.29 is 4.74 Å². The summed E-state index contributed by atoms with van der Waals surface area (Å²) in [5.74, 6) is 1.07. The predicted molar refractivity (Wildman–Crippen MR) is 88.0 cm³/mol. The molecule has 0 heterocycles. The molecule has 2 saturated carbocycles. The molecule has 116 valence electrons. The molecule has 2 aliphatic carbocycles. The van der Waals surface area contributed by atoms with Crippen LogP contribution in [-0.4, -0.2) is 20.2 Å². The Morgan fingerprint density at radius 1 is 1.10 bits per heavy atom. The van der Waals surface area contributed by atoms with Gasteiger partial charge in [-0.2, -0.15) is 0 Å². The van der Waals surface area contributed by atoms with Gasteiger partial charge in [0.25, 0.3) is 0 Å². The summed E-state index contributed by atoms with van der Waals surface area (Å²) in [5.41, 5.74) is 2.35. The Balaban J connectivity index is 1.85. The average molecular weight is 287 g/mol. The van der Waals surface area contributed by atoms with Gasteiger partial charge in [0, 0.05) is 17.5 Å². The molecule has 1 spiro atoms. The van der Waals surface area contributed by atoms with Crippen LogP contribution in [0.3, 0.4) is 0 Å². The molecule has 2 heteroatoms. The van der Waals surface area contributed by atoms with Gasteiger partial charge in [-0.3, -0.25) is 0 Å². The molecule has 1 aromatic carbocycles. The molecule has 2 nitrogen and oxygen atoms in total. The maximum Gasteiger partial charge on any atom is 0.122 e. The molecule has 3 rings (SSSR count). The molecular weight excluding hydrogens is 258 g/mol. The lowest BCUT2D eigenvalue weighted by atomic mass is 9.46. The Morgan fingerprint density at radius 3 is 2.48 bits per heavy atom. The van der Waals surface area contributed by atoms with E-state index >= 15 is 0 Å². The molecule has 2 fully saturated rings. The minimum Gasteiger partial charge on any atom is -0.496 e. The number of ether oxygens (including phenoxy) is 1. The van der Waals surface area contributed by atoms with Gasteiger partial charge in [0.1, 0.15) is 5.75 Å². The topological polar surface area (TPSA) is 21.3 Å². The molecule has 0 aliphatic heterocycles. The van der Waals surface area contributed by atoms with Crippen LogP contribution in [0.15, 0.2) is 24.3 Å². The lowest BCUT2D eigenvalue weighted by Gasteiger charge is -2.59. The monoisotopic (exact) mass is 287 g/mol. The van der Waals surface area contributed by atoms with Crippen LogP contribution in [0.4, 0.5) is 0 Å². The molecule has 21 heavy (non-hydrogen) atoms. The summed E-state index contributed by atoms with van der Waals surface area (Å²) in [5, 5.41) is 3.61. The molecule has 0 radical (unpaired) electrons. The van der Waals surface area contributed by atoms with Crippen LogP contribution in [-0.2, 0) is 5.41 Å². The van der Waals surface area contributed by atoms with E-state index in [1.54, 1.807) is 7.11 Å². The van der Waals surface area contributed by atoms with Crippen molar-refractivity contribution in [1.82, 2.24) is 5.32 Å². The van der Waals surface area contributed by atoms with Gasteiger partial charge in [-0.05, 0) is 43.7 Å². The van der Waals surface area contributed by atoms with Crippen molar-refractivity contribution in [3.63, 3.8) is 0 Å². The molecular formula is C19H29NO. The summed E-state index contributed by atoms with van der Waals surface area (Å²) in [6.07, 6.45) is 9.87. The van der Waals surface area contributed by atoms with Gasteiger partial charge in [-0.25, -0.2) is 0 Å². The number of benzene rings is 1. The van der Waals surface area contributed by atoms with Gasteiger partial charge in [-0.15, -0.1) is 0 Å². The minimum absolute atomic E-state index is 0.292. The van der Waals surface area contributed by atoms with Crippen molar-refractivity contribution in [3.8, 4) is 5.75 Å². The number of rotatable bonds is 5. The van der Waals surface area contributed by atoms with Crippen molar-refractivity contribution in [2.75, 3.05) is 20.2 Å². The number of likely N-dealkylation sites (N-methyl/N-ethyl adjacent to an activating group) is 1. The minimum atomic E-state index is 0.292. The first-order valence-corrected chi connectivity index (χ1v) is 8.58. The molecule has 1 aromatic rings. The van der Waals surface area contributed by atoms with Crippen molar-refractivity contribution in [2.24, 2.45) is 5.41 Å². The smallest absolute Gasteiger partial charge is 0.122 e. The van der Waals surface area contributed by atoms with E-state index in [9.17, 15) is 0 Å². The molecule has 0 aromatic heterocycles. The Bertz CT molecular complexity index is 468. The summed E-state index contributed by atoms with van der Waals surface area (Å²) in [6.45, 7) is 4.33. The maximum atomic E-state index is 5.66. The van der Waals surface area contributed by atoms with E-state index in [1.165, 1.54) is 50.5 Å². The van der Waals surface area contributed by atoms with E-state index in [-0.39, 0.29) is 0 Å². The summed E-state index contributed by atoms with van der Waals surface area (Å²) in [4.78, 5) is 0.